The topological polar surface area (TPSA) is 76.0 Å². The molecule has 2 heterocycles. The van der Waals surface area contributed by atoms with Crippen molar-refractivity contribution in [2.24, 2.45) is 5.41 Å². The maximum atomic E-state index is 12.7. The third-order valence-corrected chi connectivity index (χ3v) is 8.29. The molecule has 0 aliphatic carbocycles. The predicted molar refractivity (Wildman–Crippen MR) is 176 cm³/mol. The molecule has 8 nitrogen and oxygen atoms in total. The van der Waals surface area contributed by atoms with Crippen molar-refractivity contribution in [2.75, 3.05) is 44.2 Å². The number of aromatic nitrogens is 1. The quantitative estimate of drug-likeness (QED) is 0.226. The first-order valence-corrected chi connectivity index (χ1v) is 15.7. The first kappa shape index (κ1) is 33.0. The molecule has 0 radical (unpaired) electrons. The van der Waals surface area contributed by atoms with Gasteiger partial charge in [0, 0.05) is 43.9 Å². The zero-order chi connectivity index (χ0) is 31.2. The Morgan fingerprint density at radius 1 is 0.953 bits per heavy atom. The number of pyridine rings is 1. The molecule has 1 aliphatic heterocycles. The molecule has 4 rings (SSSR count). The average molecular weight is 632 g/mol. The smallest absolute Gasteiger partial charge is 0.409 e. The second-order valence-corrected chi connectivity index (χ2v) is 13.9. The first-order chi connectivity index (χ1) is 20.3. The molecule has 0 unspecified atom stereocenters. The van der Waals surface area contributed by atoms with Gasteiger partial charge in [-0.25, -0.2) is 4.79 Å². The van der Waals surface area contributed by atoms with Crippen molar-refractivity contribution in [1.82, 2.24) is 14.8 Å². The average Bonchev–Trinajstić information content (AvgIpc) is 2.92. The van der Waals surface area contributed by atoms with E-state index in [9.17, 15) is 9.59 Å². The van der Waals surface area contributed by atoms with Crippen LogP contribution in [0.5, 0.6) is 5.75 Å². The van der Waals surface area contributed by atoms with Gasteiger partial charge in [0.05, 0.1) is 27.9 Å². The number of nitrogens with zero attached hydrogens (tertiary/aromatic N) is 3. The van der Waals surface area contributed by atoms with E-state index in [1.807, 2.05) is 50.2 Å². The zero-order valence-electron chi connectivity index (χ0n) is 25.9. The molecule has 10 heteroatoms. The van der Waals surface area contributed by atoms with Crippen molar-refractivity contribution in [3.8, 4) is 5.75 Å². The molecular weight excluding hydrogens is 587 g/mol. The number of piperazine rings is 1. The minimum absolute atomic E-state index is 0.0443. The van der Waals surface area contributed by atoms with Crippen molar-refractivity contribution >= 4 is 45.9 Å². The third-order valence-electron chi connectivity index (χ3n) is 7.48. The molecule has 1 fully saturated rings. The summed E-state index contributed by atoms with van der Waals surface area (Å²) in [4.78, 5) is 30.0. The number of carbonyl (C=O) groups excluding carboxylic acids is 1. The van der Waals surface area contributed by atoms with Gasteiger partial charge in [-0.1, -0.05) is 50.0 Å². The predicted octanol–water partition coefficient (Wildman–Crippen LogP) is 7.19. The van der Waals surface area contributed by atoms with Gasteiger partial charge in [0.1, 0.15) is 5.75 Å². The maximum absolute atomic E-state index is 12.7. The number of nitrogens with one attached hydrogen (secondary N) is 1. The number of fused-ring (bicyclic) bond motifs is 1. The molecular formula is C33H44Cl2N4O4. The molecule has 0 atom stereocenters. The number of carbonyl (C=O) groups is 1. The van der Waals surface area contributed by atoms with Crippen LogP contribution in [0.2, 0.25) is 10.0 Å². The fourth-order valence-electron chi connectivity index (χ4n) is 5.87. The molecule has 3 aromatic rings. The summed E-state index contributed by atoms with van der Waals surface area (Å²) in [6.45, 7) is 15.5. The van der Waals surface area contributed by atoms with E-state index in [1.54, 1.807) is 6.07 Å². The van der Waals surface area contributed by atoms with Gasteiger partial charge < -0.3 is 19.7 Å². The summed E-state index contributed by atoms with van der Waals surface area (Å²) < 4.78 is 13.0. The molecule has 1 aliphatic rings. The van der Waals surface area contributed by atoms with Crippen LogP contribution in [0.1, 0.15) is 53.9 Å². The van der Waals surface area contributed by atoms with Crippen LogP contribution in [-0.2, 0) is 11.5 Å². The lowest BCUT2D eigenvalue weighted by molar-refractivity contribution is 0.101. The summed E-state index contributed by atoms with van der Waals surface area (Å²) in [6.07, 6.45) is 2.15. The van der Waals surface area contributed by atoms with Gasteiger partial charge >= 0.3 is 6.09 Å². The van der Waals surface area contributed by atoms with E-state index in [-0.39, 0.29) is 17.7 Å². The standard InChI is InChI=1S/C33H44Cl2N4O4/c1-32(2,3)22-33(4,5)36-31(41)43-23-39-28-21-25(13-11-24(28)12-14-29(39)40)42-20-7-6-15-37-16-18-38(19-17-37)27-10-8-9-26(34)30(27)35/h8-14,21H,6-7,15-20,22-23H2,1-5H3,(H,36,41). The first-order valence-electron chi connectivity index (χ1n) is 14.9. The van der Waals surface area contributed by atoms with Crippen LogP contribution in [0, 0.1) is 5.41 Å². The van der Waals surface area contributed by atoms with E-state index >= 15 is 0 Å². The summed E-state index contributed by atoms with van der Waals surface area (Å²) in [5, 5.41) is 4.99. The van der Waals surface area contributed by atoms with Crippen LogP contribution in [0.4, 0.5) is 10.5 Å². The monoisotopic (exact) mass is 630 g/mol. The Hall–Kier alpha value is -2.94. The minimum atomic E-state index is -0.555. The normalized spacial score (nSPS) is 14.6. The summed E-state index contributed by atoms with van der Waals surface area (Å²) in [6, 6.07) is 14.7. The van der Waals surface area contributed by atoms with Gasteiger partial charge in [-0.15, -0.1) is 0 Å². The summed E-state index contributed by atoms with van der Waals surface area (Å²) in [5.41, 5.74) is 1.01. The molecule has 1 amide bonds. The SMILES string of the molecule is CC(C)(C)CC(C)(C)NC(=O)OCn1c(=O)ccc2ccc(OCCCCN3CCN(c4cccc(Cl)c4Cl)CC3)cc21. The van der Waals surface area contributed by atoms with Crippen LogP contribution in [0.25, 0.3) is 10.9 Å². The minimum Gasteiger partial charge on any atom is -0.494 e. The van der Waals surface area contributed by atoms with E-state index in [1.165, 1.54) is 10.6 Å². The number of halogens is 2. The fraction of sp³-hybridized carbons (Fsp3) is 0.515. The number of ether oxygens (including phenoxy) is 2. The van der Waals surface area contributed by atoms with Crippen LogP contribution in [0.15, 0.2) is 53.3 Å². The van der Waals surface area contributed by atoms with Crippen molar-refractivity contribution in [3.05, 3.63) is 68.9 Å². The van der Waals surface area contributed by atoms with Crippen LogP contribution >= 0.6 is 23.2 Å². The zero-order valence-corrected chi connectivity index (χ0v) is 27.4. The van der Waals surface area contributed by atoms with Crippen LogP contribution < -0.4 is 20.5 Å². The highest BCUT2D eigenvalue weighted by Crippen LogP contribution is 2.33. The molecule has 1 saturated heterocycles. The lowest BCUT2D eigenvalue weighted by Crippen LogP contribution is -2.46. The van der Waals surface area contributed by atoms with E-state index in [0.717, 1.165) is 63.1 Å². The summed E-state index contributed by atoms with van der Waals surface area (Å²) in [5.74, 6) is 0.676. The Morgan fingerprint density at radius 2 is 1.67 bits per heavy atom. The largest absolute Gasteiger partial charge is 0.494 e. The van der Waals surface area contributed by atoms with Gasteiger partial charge in [0.25, 0.3) is 5.56 Å². The maximum Gasteiger partial charge on any atom is 0.409 e. The van der Waals surface area contributed by atoms with Crippen molar-refractivity contribution in [1.29, 1.82) is 0 Å². The van der Waals surface area contributed by atoms with E-state index in [2.05, 4.69) is 35.9 Å². The Kier molecular flexibility index (Phi) is 10.9. The molecule has 1 aromatic heterocycles. The molecule has 0 saturated carbocycles. The highest BCUT2D eigenvalue weighted by Gasteiger charge is 2.27. The highest BCUT2D eigenvalue weighted by atomic mass is 35.5. The number of hydrogen-bond acceptors (Lipinski definition) is 6. The van der Waals surface area contributed by atoms with Gasteiger partial charge in [-0.05, 0) is 80.8 Å². The number of anilines is 1. The second-order valence-electron chi connectivity index (χ2n) is 13.1. The van der Waals surface area contributed by atoms with Crippen LogP contribution in [-0.4, -0.2) is 60.4 Å². The number of alkyl carbamates (subject to hydrolysis) is 1. The summed E-state index contributed by atoms with van der Waals surface area (Å²) in [7, 11) is 0. The Labute approximate surface area is 264 Å². The lowest BCUT2D eigenvalue weighted by atomic mass is 9.82. The van der Waals surface area contributed by atoms with Crippen molar-refractivity contribution < 1.29 is 14.3 Å². The van der Waals surface area contributed by atoms with Gasteiger partial charge in [-0.2, -0.15) is 0 Å². The Bertz CT molecular complexity index is 1460. The van der Waals surface area contributed by atoms with Crippen molar-refractivity contribution in [2.45, 2.75) is 66.2 Å². The molecule has 234 valence electrons. The Balaban J connectivity index is 1.25. The molecule has 0 spiro atoms. The third kappa shape index (κ3) is 9.52. The molecule has 2 aromatic carbocycles. The Morgan fingerprint density at radius 3 is 2.40 bits per heavy atom. The van der Waals surface area contributed by atoms with E-state index < -0.39 is 11.6 Å². The second kappa shape index (κ2) is 14.2. The number of rotatable bonds is 11. The molecule has 0 bridgehead atoms. The molecule has 1 N–H and O–H groups in total. The number of amides is 1. The van der Waals surface area contributed by atoms with Crippen LogP contribution in [0.3, 0.4) is 0 Å². The molecule has 43 heavy (non-hydrogen) atoms. The van der Waals surface area contributed by atoms with E-state index in [0.29, 0.717) is 27.9 Å². The summed E-state index contributed by atoms with van der Waals surface area (Å²) >= 11 is 12.6. The van der Waals surface area contributed by atoms with Crippen molar-refractivity contribution in [3.63, 3.8) is 0 Å². The van der Waals surface area contributed by atoms with Gasteiger partial charge in [0.15, 0.2) is 6.73 Å². The fourth-order valence-corrected chi connectivity index (χ4v) is 6.29. The number of benzene rings is 2. The van der Waals surface area contributed by atoms with Gasteiger partial charge in [-0.3, -0.25) is 14.3 Å². The van der Waals surface area contributed by atoms with Gasteiger partial charge in [0.2, 0.25) is 0 Å². The lowest BCUT2D eigenvalue weighted by Gasteiger charge is -2.36. The van der Waals surface area contributed by atoms with E-state index in [4.69, 9.17) is 32.7 Å². The number of unbranched alkanes of at least 4 members (excludes halogenated alkanes) is 1. The number of hydrogen-bond donors (Lipinski definition) is 1. The highest BCUT2D eigenvalue weighted by molar-refractivity contribution is 6.43.